The summed E-state index contributed by atoms with van der Waals surface area (Å²) in [4.78, 5) is 10.6. The molecule has 1 aromatic carbocycles. The molecular formula is C21H38N2O2. The van der Waals surface area contributed by atoms with Crippen LogP contribution < -0.4 is 11.3 Å². The van der Waals surface area contributed by atoms with Gasteiger partial charge in [0.25, 0.3) is 0 Å². The summed E-state index contributed by atoms with van der Waals surface area (Å²) in [5.74, 6) is 4.88. The molecule has 3 N–H and O–H groups in total. The number of nitrogens with two attached hydrogens (primary N) is 1. The number of benzene rings is 1. The van der Waals surface area contributed by atoms with E-state index in [4.69, 9.17) is 10.6 Å². The van der Waals surface area contributed by atoms with Gasteiger partial charge >= 0.3 is 6.09 Å². The molecule has 0 aliphatic rings. The summed E-state index contributed by atoms with van der Waals surface area (Å²) in [5, 5.41) is 0. The van der Waals surface area contributed by atoms with Gasteiger partial charge in [0.1, 0.15) is 0 Å². The number of nitrogens with one attached hydrogen (secondary N) is 1. The van der Waals surface area contributed by atoms with Crippen molar-refractivity contribution in [2.45, 2.75) is 85.0 Å². The summed E-state index contributed by atoms with van der Waals surface area (Å²) in [5.41, 5.74) is 4.68. The van der Waals surface area contributed by atoms with E-state index >= 15 is 0 Å². The van der Waals surface area contributed by atoms with E-state index < -0.39 is 6.09 Å². The fourth-order valence-corrected chi connectivity index (χ4v) is 2.46. The lowest BCUT2D eigenvalue weighted by molar-refractivity contribution is 0.144. The van der Waals surface area contributed by atoms with Gasteiger partial charge in [0.05, 0.1) is 6.61 Å². The lowest BCUT2D eigenvalue weighted by Crippen LogP contribution is -2.30. The maximum atomic E-state index is 10.6. The van der Waals surface area contributed by atoms with Crippen molar-refractivity contribution >= 4 is 6.09 Å². The lowest BCUT2D eigenvalue weighted by Gasteiger charge is -2.04. The Hall–Kier alpha value is -1.55. The summed E-state index contributed by atoms with van der Waals surface area (Å²) >= 11 is 0. The molecule has 1 aromatic rings. The van der Waals surface area contributed by atoms with Crippen LogP contribution >= 0.6 is 0 Å². The molecule has 0 aliphatic heterocycles. The van der Waals surface area contributed by atoms with Crippen molar-refractivity contribution in [3.63, 3.8) is 0 Å². The Morgan fingerprint density at radius 1 is 0.880 bits per heavy atom. The summed E-state index contributed by atoms with van der Waals surface area (Å²) in [6.07, 6.45) is 12.2. The molecule has 1 amide bonds. The molecule has 0 atom stereocenters. The minimum absolute atomic E-state index is 0.472. The second-order valence-electron chi connectivity index (χ2n) is 6.55. The molecule has 0 unspecified atom stereocenters. The van der Waals surface area contributed by atoms with Crippen LogP contribution in [0.2, 0.25) is 0 Å². The minimum atomic E-state index is -0.541. The highest BCUT2D eigenvalue weighted by Gasteiger charge is 1.97. The van der Waals surface area contributed by atoms with E-state index in [2.05, 4.69) is 45.0 Å². The standard InChI is InChI=1S/C13H28N2O2.C8H10/c1-2-3-4-5-6-7-8-9-10-11-12-17-13(16)15-14;1-7-5-3-4-6-8(7)2/h2-12,14H2,1H3,(H,15,16);3-6H,1-2H3. The molecule has 0 saturated carbocycles. The summed E-state index contributed by atoms with van der Waals surface area (Å²) in [6, 6.07) is 8.36. The predicted molar refractivity (Wildman–Crippen MR) is 106 cm³/mol. The van der Waals surface area contributed by atoms with Crippen molar-refractivity contribution in [3.05, 3.63) is 35.4 Å². The molecule has 0 aliphatic carbocycles. The molecule has 0 heterocycles. The highest BCUT2D eigenvalue weighted by molar-refractivity contribution is 5.66. The second-order valence-corrected chi connectivity index (χ2v) is 6.55. The van der Waals surface area contributed by atoms with Crippen molar-refractivity contribution in [2.24, 2.45) is 5.84 Å². The molecule has 144 valence electrons. The van der Waals surface area contributed by atoms with Gasteiger partial charge in [-0.2, -0.15) is 0 Å². The second kappa shape index (κ2) is 17.3. The van der Waals surface area contributed by atoms with Crippen LogP contribution in [0.1, 0.15) is 82.3 Å². The van der Waals surface area contributed by atoms with Crippen molar-refractivity contribution in [1.82, 2.24) is 5.43 Å². The molecule has 0 radical (unpaired) electrons. The zero-order valence-electron chi connectivity index (χ0n) is 16.5. The zero-order valence-corrected chi connectivity index (χ0v) is 16.5. The van der Waals surface area contributed by atoms with Gasteiger partial charge in [-0.25, -0.2) is 10.6 Å². The van der Waals surface area contributed by atoms with Gasteiger partial charge in [-0.05, 0) is 31.4 Å². The lowest BCUT2D eigenvalue weighted by atomic mass is 10.1. The average Bonchev–Trinajstić information content (AvgIpc) is 2.62. The first-order valence-electron chi connectivity index (χ1n) is 9.77. The van der Waals surface area contributed by atoms with Crippen LogP contribution in [0.15, 0.2) is 24.3 Å². The van der Waals surface area contributed by atoms with E-state index in [1.807, 2.05) is 5.43 Å². The molecule has 0 aromatic heterocycles. The van der Waals surface area contributed by atoms with Crippen molar-refractivity contribution in [1.29, 1.82) is 0 Å². The fourth-order valence-electron chi connectivity index (χ4n) is 2.46. The molecule has 4 heteroatoms. The Morgan fingerprint density at radius 3 is 1.72 bits per heavy atom. The van der Waals surface area contributed by atoms with Crippen molar-refractivity contribution < 1.29 is 9.53 Å². The van der Waals surface area contributed by atoms with Gasteiger partial charge in [-0.3, -0.25) is 5.43 Å². The smallest absolute Gasteiger partial charge is 0.421 e. The number of aryl methyl sites for hydroxylation is 2. The van der Waals surface area contributed by atoms with Crippen LogP contribution in [0, 0.1) is 13.8 Å². The van der Waals surface area contributed by atoms with Crippen LogP contribution in [0.25, 0.3) is 0 Å². The zero-order chi connectivity index (χ0) is 18.8. The number of amides is 1. The Morgan fingerprint density at radius 2 is 1.32 bits per heavy atom. The first-order chi connectivity index (χ1) is 12.1. The molecule has 1 rings (SSSR count). The summed E-state index contributed by atoms with van der Waals surface area (Å²) < 4.78 is 4.79. The van der Waals surface area contributed by atoms with Crippen LogP contribution in [0.4, 0.5) is 4.79 Å². The van der Waals surface area contributed by atoms with Crippen LogP contribution in [0.5, 0.6) is 0 Å². The van der Waals surface area contributed by atoms with E-state index in [1.54, 1.807) is 0 Å². The largest absolute Gasteiger partial charge is 0.449 e. The van der Waals surface area contributed by atoms with Gasteiger partial charge in [0.15, 0.2) is 0 Å². The maximum Gasteiger partial charge on any atom is 0.421 e. The molecule has 0 bridgehead atoms. The van der Waals surface area contributed by atoms with E-state index in [9.17, 15) is 4.79 Å². The van der Waals surface area contributed by atoms with E-state index in [1.165, 1.54) is 62.5 Å². The van der Waals surface area contributed by atoms with Gasteiger partial charge in [0.2, 0.25) is 0 Å². The maximum absolute atomic E-state index is 10.6. The monoisotopic (exact) mass is 350 g/mol. The Balaban J connectivity index is 0.000000593. The average molecular weight is 351 g/mol. The predicted octanol–water partition coefficient (Wildman–Crippen LogP) is 5.81. The summed E-state index contributed by atoms with van der Waals surface area (Å²) in [7, 11) is 0. The molecule has 0 spiro atoms. The van der Waals surface area contributed by atoms with Crippen molar-refractivity contribution in [2.75, 3.05) is 6.61 Å². The Bertz CT molecular complexity index is 415. The number of carbonyl (C=O) groups is 1. The van der Waals surface area contributed by atoms with Gasteiger partial charge in [-0.1, -0.05) is 89.0 Å². The molecule has 0 saturated heterocycles. The fraction of sp³-hybridized carbons (Fsp3) is 0.667. The van der Waals surface area contributed by atoms with Crippen molar-refractivity contribution in [3.8, 4) is 0 Å². The SMILES string of the molecule is CCCCCCCCCCCCOC(=O)NN.Cc1ccccc1C. The van der Waals surface area contributed by atoms with Gasteiger partial charge in [0, 0.05) is 0 Å². The first kappa shape index (κ1) is 23.4. The van der Waals surface area contributed by atoms with Crippen LogP contribution in [0.3, 0.4) is 0 Å². The molecule has 25 heavy (non-hydrogen) atoms. The summed E-state index contributed by atoms with van der Waals surface area (Å²) in [6.45, 7) is 6.96. The minimum Gasteiger partial charge on any atom is -0.449 e. The van der Waals surface area contributed by atoms with Gasteiger partial charge < -0.3 is 4.74 Å². The number of hydrazine groups is 1. The van der Waals surface area contributed by atoms with E-state index in [-0.39, 0.29) is 0 Å². The third kappa shape index (κ3) is 15.7. The number of hydrogen-bond donors (Lipinski definition) is 2. The number of unbranched alkanes of at least 4 members (excludes halogenated alkanes) is 9. The first-order valence-corrected chi connectivity index (χ1v) is 9.77. The van der Waals surface area contributed by atoms with Crippen LogP contribution in [-0.4, -0.2) is 12.7 Å². The highest BCUT2D eigenvalue weighted by atomic mass is 16.5. The van der Waals surface area contributed by atoms with Crippen LogP contribution in [-0.2, 0) is 4.74 Å². The topological polar surface area (TPSA) is 64.3 Å². The molecule has 0 fully saturated rings. The Kier molecular flexibility index (Phi) is 16.2. The number of carbonyl (C=O) groups excluding carboxylic acids is 1. The molecule has 4 nitrogen and oxygen atoms in total. The number of ether oxygens (including phenoxy) is 1. The Labute approximate surface area is 154 Å². The molecular weight excluding hydrogens is 312 g/mol. The van der Waals surface area contributed by atoms with Gasteiger partial charge in [-0.15, -0.1) is 0 Å². The third-order valence-corrected chi connectivity index (χ3v) is 4.27. The normalized spacial score (nSPS) is 9.92. The number of hydrogen-bond acceptors (Lipinski definition) is 3. The van der Waals surface area contributed by atoms with E-state index in [0.717, 1.165) is 12.8 Å². The number of rotatable bonds is 11. The third-order valence-electron chi connectivity index (χ3n) is 4.27. The quantitative estimate of drug-likeness (QED) is 0.229. The highest BCUT2D eigenvalue weighted by Crippen LogP contribution is 2.10. The van der Waals surface area contributed by atoms with E-state index in [0.29, 0.717) is 6.61 Å².